The number of ether oxygens (including phenoxy) is 3. The number of carbonyl (C=O) groups excluding carboxylic acids is 3. The molecule has 30 heavy (non-hydrogen) atoms. The number of carbonyl (C=O) groups is 3. The summed E-state index contributed by atoms with van der Waals surface area (Å²) in [6.07, 6.45) is 2.69. The summed E-state index contributed by atoms with van der Waals surface area (Å²) in [6, 6.07) is 9.22. The zero-order valence-corrected chi connectivity index (χ0v) is 17.9. The first-order chi connectivity index (χ1) is 14.5. The van der Waals surface area contributed by atoms with E-state index in [0.717, 1.165) is 30.6 Å². The Hall–Kier alpha value is -2.87. The second-order valence-electron chi connectivity index (χ2n) is 6.90. The van der Waals surface area contributed by atoms with Crippen LogP contribution in [0.2, 0.25) is 0 Å². The molecule has 1 aromatic carbocycles. The van der Waals surface area contributed by atoms with E-state index in [4.69, 9.17) is 14.2 Å². The molecule has 1 amide bonds. The van der Waals surface area contributed by atoms with Gasteiger partial charge in [0.25, 0.3) is 0 Å². The molecule has 160 valence electrons. The molecule has 0 aliphatic heterocycles. The van der Waals surface area contributed by atoms with Crippen LogP contribution in [0.5, 0.6) is 5.75 Å². The molecule has 2 aromatic rings. The van der Waals surface area contributed by atoms with Crippen molar-refractivity contribution < 1.29 is 28.6 Å². The molecule has 1 saturated carbocycles. The molecule has 0 unspecified atom stereocenters. The van der Waals surface area contributed by atoms with E-state index in [1.165, 1.54) is 0 Å². The smallest absolute Gasteiger partial charge is 0.348 e. The van der Waals surface area contributed by atoms with Crippen molar-refractivity contribution in [1.82, 2.24) is 0 Å². The molecule has 1 aliphatic rings. The summed E-state index contributed by atoms with van der Waals surface area (Å²) in [4.78, 5) is 37.7. The third-order valence-electron chi connectivity index (χ3n) is 4.85. The molecule has 7 nitrogen and oxygen atoms in total. The quantitative estimate of drug-likeness (QED) is 0.472. The first kappa shape index (κ1) is 21.8. The van der Waals surface area contributed by atoms with Crippen molar-refractivity contribution in [2.45, 2.75) is 33.1 Å². The predicted octanol–water partition coefficient (Wildman–Crippen LogP) is 4.21. The lowest BCUT2D eigenvalue weighted by Gasteiger charge is -2.23. The average molecular weight is 432 g/mol. The fourth-order valence-electron chi connectivity index (χ4n) is 3.01. The number of para-hydroxylation sites is 1. The number of hydrogen-bond acceptors (Lipinski definition) is 7. The van der Waals surface area contributed by atoms with Crippen LogP contribution in [0.3, 0.4) is 0 Å². The molecular weight excluding hydrogens is 406 g/mol. The lowest BCUT2D eigenvalue weighted by molar-refractivity contribution is -0.122. The molecule has 1 N–H and O–H groups in total. The minimum Gasteiger partial charge on any atom is -0.490 e. The SMILES string of the molecule is CCOC(=O)c1c(NC(=O)C2CCC2)sc(C(=O)OCCOc2ccccc2)c1C. The standard InChI is InChI=1S/C22H25NO6S/c1-3-27-21(25)17-14(2)18(30-20(17)23-19(24)15-8-7-9-15)22(26)29-13-12-28-16-10-5-4-6-11-16/h4-6,10-11,15H,3,7-9,12-13H2,1-2H3,(H,23,24). The van der Waals surface area contributed by atoms with E-state index in [1.54, 1.807) is 13.8 Å². The first-order valence-electron chi connectivity index (χ1n) is 9.97. The van der Waals surface area contributed by atoms with Crippen molar-refractivity contribution in [3.05, 3.63) is 46.3 Å². The number of rotatable bonds is 9. The molecule has 1 aromatic heterocycles. The summed E-state index contributed by atoms with van der Waals surface area (Å²) in [7, 11) is 0. The van der Waals surface area contributed by atoms with Crippen molar-refractivity contribution in [2.24, 2.45) is 5.92 Å². The van der Waals surface area contributed by atoms with Crippen LogP contribution >= 0.6 is 11.3 Å². The summed E-state index contributed by atoms with van der Waals surface area (Å²) in [6.45, 7) is 3.81. The zero-order valence-electron chi connectivity index (χ0n) is 17.1. The van der Waals surface area contributed by atoms with Crippen LogP contribution in [0.1, 0.15) is 51.8 Å². The number of anilines is 1. The van der Waals surface area contributed by atoms with E-state index in [2.05, 4.69) is 5.32 Å². The Morgan fingerprint density at radius 3 is 2.43 bits per heavy atom. The highest BCUT2D eigenvalue weighted by Crippen LogP contribution is 2.36. The lowest BCUT2D eigenvalue weighted by Crippen LogP contribution is -2.28. The highest BCUT2D eigenvalue weighted by molar-refractivity contribution is 7.18. The van der Waals surface area contributed by atoms with Gasteiger partial charge in [0.15, 0.2) is 0 Å². The van der Waals surface area contributed by atoms with Gasteiger partial charge in [0, 0.05) is 5.92 Å². The van der Waals surface area contributed by atoms with E-state index in [9.17, 15) is 14.4 Å². The summed E-state index contributed by atoms with van der Waals surface area (Å²) >= 11 is 1.04. The fraction of sp³-hybridized carbons (Fsp3) is 0.409. The van der Waals surface area contributed by atoms with Crippen molar-refractivity contribution in [1.29, 1.82) is 0 Å². The largest absolute Gasteiger partial charge is 0.490 e. The monoisotopic (exact) mass is 431 g/mol. The number of benzene rings is 1. The topological polar surface area (TPSA) is 90.9 Å². The van der Waals surface area contributed by atoms with Gasteiger partial charge in [-0.2, -0.15) is 0 Å². The van der Waals surface area contributed by atoms with Gasteiger partial charge in [-0.25, -0.2) is 9.59 Å². The van der Waals surface area contributed by atoms with E-state index in [-0.39, 0.29) is 42.1 Å². The minimum atomic E-state index is -0.568. The summed E-state index contributed by atoms with van der Waals surface area (Å²) < 4.78 is 15.9. The van der Waals surface area contributed by atoms with E-state index < -0.39 is 11.9 Å². The Morgan fingerprint density at radius 1 is 1.07 bits per heavy atom. The molecule has 0 saturated heterocycles. The van der Waals surface area contributed by atoms with Gasteiger partial charge < -0.3 is 19.5 Å². The third-order valence-corrected chi connectivity index (χ3v) is 6.04. The van der Waals surface area contributed by atoms with Crippen LogP contribution in [-0.4, -0.2) is 37.7 Å². The Kier molecular flexibility index (Phi) is 7.46. The summed E-state index contributed by atoms with van der Waals surface area (Å²) in [5, 5.41) is 3.13. The highest BCUT2D eigenvalue weighted by Gasteiger charge is 2.30. The van der Waals surface area contributed by atoms with Crippen molar-refractivity contribution in [3.63, 3.8) is 0 Å². The molecule has 1 fully saturated rings. The van der Waals surface area contributed by atoms with Gasteiger partial charge in [0.2, 0.25) is 5.91 Å². The van der Waals surface area contributed by atoms with Crippen molar-refractivity contribution in [2.75, 3.05) is 25.1 Å². The van der Waals surface area contributed by atoms with Crippen LogP contribution in [0, 0.1) is 12.8 Å². The predicted molar refractivity (Wildman–Crippen MR) is 113 cm³/mol. The van der Waals surface area contributed by atoms with Gasteiger partial charge in [-0.15, -0.1) is 11.3 Å². The number of nitrogens with one attached hydrogen (secondary N) is 1. The van der Waals surface area contributed by atoms with Gasteiger partial charge >= 0.3 is 11.9 Å². The lowest BCUT2D eigenvalue weighted by atomic mass is 9.85. The molecule has 8 heteroatoms. The Balaban J connectivity index is 1.67. The van der Waals surface area contributed by atoms with Crippen LogP contribution in [0.15, 0.2) is 30.3 Å². The Labute approximate surface area is 179 Å². The molecule has 1 aliphatic carbocycles. The molecular formula is C22H25NO6S. The maximum Gasteiger partial charge on any atom is 0.348 e. The summed E-state index contributed by atoms with van der Waals surface area (Å²) in [5.74, 6) is -0.630. The van der Waals surface area contributed by atoms with Gasteiger partial charge in [-0.05, 0) is 44.4 Å². The molecule has 0 atom stereocenters. The minimum absolute atomic E-state index is 0.0482. The molecule has 1 heterocycles. The van der Waals surface area contributed by atoms with Gasteiger partial charge in [-0.3, -0.25) is 4.79 Å². The van der Waals surface area contributed by atoms with Gasteiger partial charge in [-0.1, -0.05) is 24.6 Å². The molecule has 3 rings (SSSR count). The first-order valence-corrected chi connectivity index (χ1v) is 10.8. The van der Waals surface area contributed by atoms with Crippen molar-refractivity contribution in [3.8, 4) is 5.75 Å². The van der Waals surface area contributed by atoms with Crippen LogP contribution in [0.4, 0.5) is 5.00 Å². The van der Waals surface area contributed by atoms with Crippen LogP contribution < -0.4 is 10.1 Å². The van der Waals surface area contributed by atoms with E-state index in [1.807, 2.05) is 30.3 Å². The summed E-state index contributed by atoms with van der Waals surface area (Å²) in [5.41, 5.74) is 0.651. The fourth-order valence-corrected chi connectivity index (χ4v) is 4.10. The van der Waals surface area contributed by atoms with Crippen molar-refractivity contribution >= 4 is 34.2 Å². The van der Waals surface area contributed by atoms with E-state index >= 15 is 0 Å². The van der Waals surface area contributed by atoms with Gasteiger partial charge in [0.1, 0.15) is 28.8 Å². The van der Waals surface area contributed by atoms with Crippen LogP contribution in [-0.2, 0) is 14.3 Å². The zero-order chi connectivity index (χ0) is 21.5. The number of amides is 1. The number of esters is 2. The van der Waals surface area contributed by atoms with E-state index in [0.29, 0.717) is 16.3 Å². The Bertz CT molecular complexity index is 904. The maximum absolute atomic E-state index is 12.6. The Morgan fingerprint density at radius 2 is 1.80 bits per heavy atom. The van der Waals surface area contributed by atoms with Crippen LogP contribution in [0.25, 0.3) is 0 Å². The maximum atomic E-state index is 12.6. The molecule has 0 spiro atoms. The molecule has 0 bridgehead atoms. The normalized spacial score (nSPS) is 13.3. The van der Waals surface area contributed by atoms with Gasteiger partial charge in [0.05, 0.1) is 12.2 Å². The number of thiophene rings is 1. The highest BCUT2D eigenvalue weighted by atomic mass is 32.1. The molecule has 0 radical (unpaired) electrons. The third kappa shape index (κ3) is 5.18. The second kappa shape index (κ2) is 10.2. The average Bonchev–Trinajstić information content (AvgIpc) is 3.00. The number of hydrogen-bond donors (Lipinski definition) is 1. The second-order valence-corrected chi connectivity index (χ2v) is 7.92.